The average Bonchev–Trinajstić information content (AvgIpc) is 2.46. The van der Waals surface area contributed by atoms with E-state index < -0.39 is 0 Å². The lowest BCUT2D eigenvalue weighted by Crippen LogP contribution is -2.05. The molecule has 3 heteroatoms. The fourth-order valence-corrected chi connectivity index (χ4v) is 2.56. The molecule has 0 saturated carbocycles. The predicted molar refractivity (Wildman–Crippen MR) is 51.6 cm³/mol. The van der Waals surface area contributed by atoms with E-state index in [0.717, 1.165) is 12.0 Å². The van der Waals surface area contributed by atoms with Crippen molar-refractivity contribution in [2.75, 3.05) is 5.45 Å². The fraction of sp³-hybridized carbons (Fsp3) is 0.250. The number of halogens is 1. The van der Waals surface area contributed by atoms with Crippen LogP contribution in [0.1, 0.15) is 5.56 Å². The maximum Gasteiger partial charge on any atom is 0.0651 e. The second-order valence-corrected chi connectivity index (χ2v) is 4.10. The van der Waals surface area contributed by atoms with Crippen molar-refractivity contribution < 1.29 is 0 Å². The van der Waals surface area contributed by atoms with E-state index in [4.69, 9.17) is 0 Å². The molecule has 0 aromatic heterocycles. The molecule has 58 valence electrons. The second-order valence-electron chi connectivity index (χ2n) is 2.46. The van der Waals surface area contributed by atoms with Gasteiger partial charge in [-0.05, 0) is 23.6 Å². The van der Waals surface area contributed by atoms with Crippen molar-refractivity contribution in [2.45, 2.75) is 11.4 Å². The van der Waals surface area contributed by atoms with Gasteiger partial charge in [0.1, 0.15) is 0 Å². The van der Waals surface area contributed by atoms with E-state index in [1.54, 1.807) is 0 Å². The minimum Gasteiger partial charge on any atom is -0.231 e. The van der Waals surface area contributed by atoms with Crippen LogP contribution in [0.5, 0.6) is 0 Å². The zero-order valence-electron chi connectivity index (χ0n) is 5.96. The van der Waals surface area contributed by atoms with Gasteiger partial charge in [-0.1, -0.05) is 34.1 Å². The van der Waals surface area contributed by atoms with Gasteiger partial charge in [0.15, 0.2) is 0 Å². The molecular formula is C8H8BrNS. The first-order chi connectivity index (χ1) is 5.40. The quantitative estimate of drug-likeness (QED) is 0.414. The first-order valence-electron chi connectivity index (χ1n) is 3.47. The molecule has 0 amide bonds. The highest BCUT2D eigenvalue weighted by Crippen LogP contribution is 2.35. The summed E-state index contributed by atoms with van der Waals surface area (Å²) in [6, 6.07) is 8.54. The third-order valence-corrected chi connectivity index (χ3v) is 3.73. The first-order valence-corrected chi connectivity index (χ1v) is 5.36. The summed E-state index contributed by atoms with van der Waals surface area (Å²) >= 11 is 5.26. The number of rotatable bonds is 1. The van der Waals surface area contributed by atoms with E-state index in [-0.39, 0.29) is 0 Å². The normalized spacial score (nSPS) is 16.8. The number of nitrogens with zero attached hydrogens (tertiary/aromatic N) is 1. The van der Waals surface area contributed by atoms with Crippen LogP contribution in [0.4, 0.5) is 0 Å². The van der Waals surface area contributed by atoms with Crippen LogP contribution in [0.3, 0.4) is 0 Å². The zero-order chi connectivity index (χ0) is 7.68. The Hall–Kier alpha value is 0.01000. The number of benzene rings is 1. The highest BCUT2D eigenvalue weighted by molar-refractivity contribution is 9.09. The number of alkyl halides is 1. The van der Waals surface area contributed by atoms with Gasteiger partial charge >= 0.3 is 0 Å². The second kappa shape index (κ2) is 3.17. The molecule has 0 spiro atoms. The Morgan fingerprint density at radius 2 is 2.27 bits per heavy atom. The Bertz CT molecular complexity index is 239. The minimum atomic E-state index is 0.937. The molecule has 1 aliphatic heterocycles. The Morgan fingerprint density at radius 1 is 1.45 bits per heavy atom. The summed E-state index contributed by atoms with van der Waals surface area (Å²) in [5.74, 6) is 0. The van der Waals surface area contributed by atoms with Gasteiger partial charge in [0.2, 0.25) is 0 Å². The molecule has 0 fully saturated rings. The lowest BCUT2D eigenvalue weighted by molar-refractivity contribution is 0.566. The van der Waals surface area contributed by atoms with Crippen LogP contribution in [0.15, 0.2) is 29.2 Å². The van der Waals surface area contributed by atoms with Crippen LogP contribution in [0.25, 0.3) is 0 Å². The van der Waals surface area contributed by atoms with Crippen molar-refractivity contribution in [1.82, 2.24) is 4.31 Å². The fourth-order valence-electron chi connectivity index (χ4n) is 1.15. The molecule has 0 saturated heterocycles. The van der Waals surface area contributed by atoms with E-state index >= 15 is 0 Å². The minimum absolute atomic E-state index is 0.937. The van der Waals surface area contributed by atoms with E-state index in [1.165, 1.54) is 10.5 Å². The Balaban J connectivity index is 2.27. The van der Waals surface area contributed by atoms with Gasteiger partial charge in [-0.15, -0.1) is 0 Å². The summed E-state index contributed by atoms with van der Waals surface area (Å²) < 4.78 is 2.28. The highest BCUT2D eigenvalue weighted by atomic mass is 79.9. The van der Waals surface area contributed by atoms with Gasteiger partial charge in [0.05, 0.1) is 5.45 Å². The van der Waals surface area contributed by atoms with Crippen molar-refractivity contribution in [1.29, 1.82) is 0 Å². The average molecular weight is 230 g/mol. The van der Waals surface area contributed by atoms with E-state index in [2.05, 4.69) is 44.5 Å². The molecular weight excluding hydrogens is 222 g/mol. The first kappa shape index (κ1) is 7.65. The van der Waals surface area contributed by atoms with Crippen molar-refractivity contribution in [3.8, 4) is 0 Å². The number of hydrogen-bond donors (Lipinski definition) is 0. The molecule has 1 aromatic rings. The van der Waals surface area contributed by atoms with Gasteiger partial charge < -0.3 is 0 Å². The van der Waals surface area contributed by atoms with Gasteiger partial charge in [0, 0.05) is 11.4 Å². The molecule has 1 heterocycles. The zero-order valence-corrected chi connectivity index (χ0v) is 8.36. The predicted octanol–water partition coefficient (Wildman–Crippen LogP) is 2.86. The van der Waals surface area contributed by atoms with Crippen LogP contribution in [0, 0.1) is 0 Å². The molecule has 0 radical (unpaired) electrons. The topological polar surface area (TPSA) is 3.24 Å². The smallest absolute Gasteiger partial charge is 0.0651 e. The molecule has 11 heavy (non-hydrogen) atoms. The number of hydrogen-bond acceptors (Lipinski definition) is 2. The largest absolute Gasteiger partial charge is 0.231 e. The van der Waals surface area contributed by atoms with Gasteiger partial charge in [-0.3, -0.25) is 0 Å². The van der Waals surface area contributed by atoms with E-state index in [1.807, 2.05) is 11.9 Å². The molecule has 1 nitrogen and oxygen atoms in total. The summed E-state index contributed by atoms with van der Waals surface area (Å²) in [4.78, 5) is 1.40. The Morgan fingerprint density at radius 3 is 3.00 bits per heavy atom. The Labute approximate surface area is 79.0 Å². The van der Waals surface area contributed by atoms with Crippen molar-refractivity contribution in [3.63, 3.8) is 0 Å². The summed E-state index contributed by atoms with van der Waals surface area (Å²) in [6.45, 7) is 1.06. The van der Waals surface area contributed by atoms with Crippen molar-refractivity contribution in [2.24, 2.45) is 0 Å². The van der Waals surface area contributed by atoms with Crippen LogP contribution in [-0.2, 0) is 6.54 Å². The summed E-state index contributed by atoms with van der Waals surface area (Å²) in [5, 5.41) is 0. The summed E-state index contributed by atoms with van der Waals surface area (Å²) in [7, 11) is 0. The van der Waals surface area contributed by atoms with Crippen LogP contribution < -0.4 is 0 Å². The molecule has 0 atom stereocenters. The third kappa shape index (κ3) is 1.45. The molecule has 2 rings (SSSR count). The van der Waals surface area contributed by atoms with Gasteiger partial charge in [-0.25, -0.2) is 4.31 Å². The third-order valence-electron chi connectivity index (χ3n) is 1.68. The van der Waals surface area contributed by atoms with E-state index in [0.29, 0.717) is 0 Å². The molecule has 0 aliphatic carbocycles. The monoisotopic (exact) mass is 229 g/mol. The van der Waals surface area contributed by atoms with E-state index in [9.17, 15) is 0 Å². The van der Waals surface area contributed by atoms with Crippen molar-refractivity contribution in [3.05, 3.63) is 29.8 Å². The lowest BCUT2D eigenvalue weighted by atomic mass is 10.2. The van der Waals surface area contributed by atoms with Gasteiger partial charge in [0.25, 0.3) is 0 Å². The lowest BCUT2D eigenvalue weighted by Gasteiger charge is -2.06. The molecule has 0 bridgehead atoms. The van der Waals surface area contributed by atoms with Crippen LogP contribution in [0.2, 0.25) is 0 Å². The Kier molecular flexibility index (Phi) is 2.20. The summed E-state index contributed by atoms with van der Waals surface area (Å²) in [6.07, 6.45) is 0. The number of fused-ring (bicyclic) bond motifs is 1. The van der Waals surface area contributed by atoms with Crippen LogP contribution >= 0.6 is 27.9 Å². The summed E-state index contributed by atoms with van der Waals surface area (Å²) in [5.41, 5.74) is 2.38. The van der Waals surface area contributed by atoms with Crippen molar-refractivity contribution >= 4 is 27.9 Å². The van der Waals surface area contributed by atoms with Crippen LogP contribution in [-0.4, -0.2) is 9.76 Å². The molecule has 0 unspecified atom stereocenters. The van der Waals surface area contributed by atoms with Gasteiger partial charge in [-0.2, -0.15) is 0 Å². The maximum atomic E-state index is 3.44. The highest BCUT2D eigenvalue weighted by Gasteiger charge is 2.17. The molecule has 1 aliphatic rings. The SMILES string of the molecule is BrCN1Cc2ccccc2S1. The molecule has 1 aromatic carbocycles. The standard InChI is InChI=1S/C8H8BrNS/c9-6-10-5-7-3-1-2-4-8(7)11-10/h1-4H,5-6H2. The molecule has 0 N–H and O–H groups in total. The maximum absolute atomic E-state index is 3.44.